The predicted octanol–water partition coefficient (Wildman–Crippen LogP) is 1.96. The van der Waals surface area contributed by atoms with Crippen molar-refractivity contribution >= 4 is 5.91 Å². The highest BCUT2D eigenvalue weighted by atomic mass is 16.5. The highest BCUT2D eigenvalue weighted by molar-refractivity contribution is 5.94. The number of carbonyl (C=O) groups is 1. The van der Waals surface area contributed by atoms with E-state index in [1.54, 1.807) is 0 Å². The summed E-state index contributed by atoms with van der Waals surface area (Å²) in [5.74, 6) is 0.635. The van der Waals surface area contributed by atoms with Crippen LogP contribution in [0.1, 0.15) is 54.9 Å². The second kappa shape index (κ2) is 7.69. The second-order valence-corrected chi connectivity index (χ2v) is 8.39. The highest BCUT2D eigenvalue weighted by Crippen LogP contribution is 2.30. The summed E-state index contributed by atoms with van der Waals surface area (Å²) in [7, 11) is 0. The number of rotatable bonds is 4. The van der Waals surface area contributed by atoms with Crippen molar-refractivity contribution in [2.45, 2.75) is 58.5 Å². The molecular weight excluding hydrogens is 328 g/mol. The van der Waals surface area contributed by atoms with Gasteiger partial charge < -0.3 is 14.5 Å². The Bertz CT molecular complexity index is 642. The maximum Gasteiger partial charge on any atom is 0.274 e. The summed E-state index contributed by atoms with van der Waals surface area (Å²) in [5, 5.41) is 4.83. The topological polar surface area (TPSA) is 50.6 Å². The monoisotopic (exact) mass is 360 g/mol. The molecule has 0 aromatic carbocycles. The van der Waals surface area contributed by atoms with E-state index < -0.39 is 0 Å². The minimum absolute atomic E-state index is 0.106. The first-order chi connectivity index (χ1) is 12.6. The Hall–Kier alpha value is -1.40. The molecule has 0 saturated carbocycles. The lowest BCUT2D eigenvalue weighted by Gasteiger charge is -2.32. The van der Waals surface area contributed by atoms with Crippen LogP contribution in [0.3, 0.4) is 0 Å². The molecule has 0 spiro atoms. The van der Waals surface area contributed by atoms with Crippen molar-refractivity contribution < 1.29 is 9.53 Å². The molecule has 1 atom stereocenters. The third-order valence-electron chi connectivity index (χ3n) is 6.02. The lowest BCUT2D eigenvalue weighted by molar-refractivity contribution is 0.0297. The van der Waals surface area contributed by atoms with Gasteiger partial charge in [-0.1, -0.05) is 13.8 Å². The van der Waals surface area contributed by atoms with Crippen LogP contribution in [0.25, 0.3) is 0 Å². The van der Waals surface area contributed by atoms with Crippen LogP contribution < -0.4 is 0 Å². The van der Waals surface area contributed by atoms with E-state index in [0.29, 0.717) is 44.0 Å². The molecule has 1 aliphatic carbocycles. The SMILES string of the molecule is CC(C)Cn1nc(C(=O)N2CCOCC2)c2c1CCC(N1CCCC1)C2. The number of morpholine rings is 1. The van der Waals surface area contributed by atoms with Gasteiger partial charge in [0.1, 0.15) is 0 Å². The molecule has 0 N–H and O–H groups in total. The standard InChI is InChI=1S/C20H32N4O2/c1-15(2)14-24-18-6-5-16(22-7-3-4-8-22)13-17(18)19(21-24)20(25)23-9-11-26-12-10-23/h15-16H,3-14H2,1-2H3. The average Bonchev–Trinajstić information content (AvgIpc) is 3.30. The Morgan fingerprint density at radius 1 is 1.19 bits per heavy atom. The van der Waals surface area contributed by atoms with Gasteiger partial charge in [-0.15, -0.1) is 0 Å². The van der Waals surface area contributed by atoms with E-state index in [-0.39, 0.29) is 5.91 Å². The second-order valence-electron chi connectivity index (χ2n) is 8.39. The number of nitrogens with zero attached hydrogens (tertiary/aromatic N) is 4. The van der Waals surface area contributed by atoms with Gasteiger partial charge in [0.15, 0.2) is 5.69 Å². The van der Waals surface area contributed by atoms with Crippen molar-refractivity contribution in [3.8, 4) is 0 Å². The molecule has 2 saturated heterocycles. The Labute approximate surface area is 156 Å². The van der Waals surface area contributed by atoms with E-state index in [9.17, 15) is 4.79 Å². The van der Waals surface area contributed by atoms with Crippen LogP contribution >= 0.6 is 0 Å². The molecule has 2 fully saturated rings. The fourth-order valence-electron chi connectivity index (χ4n) is 4.67. The zero-order chi connectivity index (χ0) is 18.1. The zero-order valence-corrected chi connectivity index (χ0v) is 16.2. The normalized spacial score (nSPS) is 24.3. The van der Waals surface area contributed by atoms with Crippen LogP contribution in [0.5, 0.6) is 0 Å². The molecule has 3 heterocycles. The zero-order valence-electron chi connectivity index (χ0n) is 16.2. The summed E-state index contributed by atoms with van der Waals surface area (Å²) in [6, 6.07) is 0.581. The number of amides is 1. The van der Waals surface area contributed by atoms with Crippen LogP contribution in [-0.2, 0) is 24.1 Å². The molecule has 2 aliphatic heterocycles. The van der Waals surface area contributed by atoms with Crippen LogP contribution in [0, 0.1) is 5.92 Å². The van der Waals surface area contributed by atoms with Gasteiger partial charge >= 0.3 is 0 Å². The van der Waals surface area contributed by atoms with Crippen LogP contribution in [-0.4, -0.2) is 70.9 Å². The van der Waals surface area contributed by atoms with Gasteiger partial charge in [-0.05, 0) is 51.1 Å². The molecule has 144 valence electrons. The maximum atomic E-state index is 13.2. The number of ether oxygens (including phenoxy) is 1. The van der Waals surface area contributed by atoms with Gasteiger partial charge in [0.25, 0.3) is 5.91 Å². The van der Waals surface area contributed by atoms with Gasteiger partial charge in [0.2, 0.25) is 0 Å². The van der Waals surface area contributed by atoms with Gasteiger partial charge in [0.05, 0.1) is 13.2 Å². The number of aromatic nitrogens is 2. The van der Waals surface area contributed by atoms with Gasteiger partial charge in [-0.25, -0.2) is 0 Å². The molecule has 0 radical (unpaired) electrons. The summed E-state index contributed by atoms with van der Waals surface area (Å²) in [4.78, 5) is 17.7. The maximum absolute atomic E-state index is 13.2. The van der Waals surface area contributed by atoms with Crippen LogP contribution in [0.15, 0.2) is 0 Å². The third-order valence-corrected chi connectivity index (χ3v) is 6.02. The van der Waals surface area contributed by atoms with Gasteiger partial charge in [0, 0.05) is 36.9 Å². The first-order valence-electron chi connectivity index (χ1n) is 10.3. The Morgan fingerprint density at radius 3 is 2.62 bits per heavy atom. The molecule has 1 aromatic rings. The molecule has 1 amide bonds. The number of carbonyl (C=O) groups excluding carboxylic acids is 1. The average molecular weight is 361 g/mol. The van der Waals surface area contributed by atoms with E-state index in [2.05, 4.69) is 23.4 Å². The number of fused-ring (bicyclic) bond motifs is 1. The molecular formula is C20H32N4O2. The van der Waals surface area contributed by atoms with Crippen molar-refractivity contribution in [3.63, 3.8) is 0 Å². The first-order valence-corrected chi connectivity index (χ1v) is 10.3. The Kier molecular flexibility index (Phi) is 5.32. The lowest BCUT2D eigenvalue weighted by Crippen LogP contribution is -2.42. The van der Waals surface area contributed by atoms with Gasteiger partial charge in [-0.2, -0.15) is 5.10 Å². The molecule has 0 bridgehead atoms. The Balaban J connectivity index is 1.62. The summed E-state index contributed by atoms with van der Waals surface area (Å²) in [5.41, 5.74) is 3.25. The summed E-state index contributed by atoms with van der Waals surface area (Å²) in [6.07, 6.45) is 5.86. The molecule has 6 heteroatoms. The minimum atomic E-state index is 0.106. The fraction of sp³-hybridized carbons (Fsp3) is 0.800. The van der Waals surface area contributed by atoms with E-state index in [0.717, 1.165) is 19.4 Å². The molecule has 3 aliphatic rings. The number of hydrogen-bond donors (Lipinski definition) is 0. The van der Waals surface area contributed by atoms with Crippen molar-refractivity contribution in [1.82, 2.24) is 19.6 Å². The summed E-state index contributed by atoms with van der Waals surface area (Å²) < 4.78 is 7.55. The number of likely N-dealkylation sites (tertiary alicyclic amines) is 1. The highest BCUT2D eigenvalue weighted by Gasteiger charge is 2.34. The largest absolute Gasteiger partial charge is 0.378 e. The van der Waals surface area contributed by atoms with Crippen molar-refractivity contribution in [1.29, 1.82) is 0 Å². The number of hydrogen-bond acceptors (Lipinski definition) is 4. The first kappa shape index (κ1) is 18.0. The third kappa shape index (κ3) is 3.54. The molecule has 1 aromatic heterocycles. The summed E-state index contributed by atoms with van der Waals surface area (Å²) >= 11 is 0. The molecule has 6 nitrogen and oxygen atoms in total. The predicted molar refractivity (Wildman–Crippen MR) is 100 cm³/mol. The van der Waals surface area contributed by atoms with Crippen LogP contribution in [0.4, 0.5) is 0 Å². The van der Waals surface area contributed by atoms with Gasteiger partial charge in [-0.3, -0.25) is 9.48 Å². The molecule has 1 unspecified atom stereocenters. The van der Waals surface area contributed by atoms with Crippen LogP contribution in [0.2, 0.25) is 0 Å². The van der Waals surface area contributed by atoms with Crippen molar-refractivity contribution in [2.24, 2.45) is 5.92 Å². The van der Waals surface area contributed by atoms with E-state index >= 15 is 0 Å². The summed E-state index contributed by atoms with van der Waals surface area (Å²) in [6.45, 7) is 10.4. The Morgan fingerprint density at radius 2 is 1.92 bits per heavy atom. The van der Waals surface area contributed by atoms with E-state index in [1.165, 1.54) is 43.6 Å². The molecule has 4 rings (SSSR count). The minimum Gasteiger partial charge on any atom is -0.378 e. The van der Waals surface area contributed by atoms with E-state index in [4.69, 9.17) is 9.84 Å². The van der Waals surface area contributed by atoms with Crippen molar-refractivity contribution in [2.75, 3.05) is 39.4 Å². The lowest BCUT2D eigenvalue weighted by atomic mass is 9.90. The van der Waals surface area contributed by atoms with E-state index in [1.807, 2.05) is 4.90 Å². The smallest absolute Gasteiger partial charge is 0.274 e. The quantitative estimate of drug-likeness (QED) is 0.824. The molecule has 26 heavy (non-hydrogen) atoms. The van der Waals surface area contributed by atoms with Crippen molar-refractivity contribution in [3.05, 3.63) is 17.0 Å². The fourth-order valence-corrected chi connectivity index (χ4v) is 4.67.